The summed E-state index contributed by atoms with van der Waals surface area (Å²) in [6, 6.07) is 15.6. The van der Waals surface area contributed by atoms with Gasteiger partial charge in [-0.1, -0.05) is 12.1 Å². The smallest absolute Gasteiger partial charge is 0.152 e. The average Bonchev–Trinajstić information content (AvgIpc) is 2.49. The number of hydrogen-bond donors (Lipinski definition) is 1. The van der Waals surface area contributed by atoms with Gasteiger partial charge in [0.2, 0.25) is 0 Å². The molecule has 0 unspecified atom stereocenters. The molecular weight excluding hydrogens is 250 g/mol. The van der Waals surface area contributed by atoms with E-state index >= 15 is 0 Å². The summed E-state index contributed by atoms with van der Waals surface area (Å²) in [5.41, 5.74) is 3.62. The standard InChI is InChI=1S/C16H15N3O/c1-11-16(18-12-7-9-13(20-2)10-8-12)19-15-6-4-3-5-14(15)17-11/h3-10H,1-2H3,(H,18,19). The van der Waals surface area contributed by atoms with E-state index in [-0.39, 0.29) is 0 Å². The van der Waals surface area contributed by atoms with Crippen LogP contribution in [0.3, 0.4) is 0 Å². The fourth-order valence-electron chi connectivity index (χ4n) is 2.02. The maximum Gasteiger partial charge on any atom is 0.152 e. The molecule has 0 aliphatic carbocycles. The van der Waals surface area contributed by atoms with Crippen molar-refractivity contribution in [2.24, 2.45) is 0 Å². The lowest BCUT2D eigenvalue weighted by atomic mass is 10.2. The van der Waals surface area contributed by atoms with Gasteiger partial charge in [-0.25, -0.2) is 9.97 Å². The molecule has 2 aromatic carbocycles. The van der Waals surface area contributed by atoms with Gasteiger partial charge in [0.05, 0.1) is 23.8 Å². The molecular formula is C16H15N3O. The molecule has 1 aromatic heterocycles. The predicted molar refractivity (Wildman–Crippen MR) is 80.6 cm³/mol. The van der Waals surface area contributed by atoms with Crippen LogP contribution >= 0.6 is 0 Å². The molecule has 0 spiro atoms. The maximum absolute atomic E-state index is 5.15. The number of fused-ring (bicyclic) bond motifs is 1. The molecule has 0 radical (unpaired) electrons. The van der Waals surface area contributed by atoms with Crippen molar-refractivity contribution >= 4 is 22.5 Å². The van der Waals surface area contributed by atoms with Crippen LogP contribution in [0.15, 0.2) is 48.5 Å². The molecule has 0 aliphatic rings. The van der Waals surface area contributed by atoms with Crippen molar-refractivity contribution in [3.63, 3.8) is 0 Å². The third-order valence-electron chi connectivity index (χ3n) is 3.10. The van der Waals surface area contributed by atoms with E-state index in [0.29, 0.717) is 0 Å². The first kappa shape index (κ1) is 12.4. The van der Waals surface area contributed by atoms with Crippen molar-refractivity contribution in [1.29, 1.82) is 0 Å². The highest BCUT2D eigenvalue weighted by atomic mass is 16.5. The van der Waals surface area contributed by atoms with Gasteiger partial charge in [-0.05, 0) is 43.3 Å². The molecule has 0 aliphatic heterocycles. The van der Waals surface area contributed by atoms with E-state index in [4.69, 9.17) is 4.74 Å². The zero-order chi connectivity index (χ0) is 13.9. The second kappa shape index (κ2) is 5.17. The van der Waals surface area contributed by atoms with Gasteiger partial charge in [0.1, 0.15) is 5.75 Å². The highest BCUT2D eigenvalue weighted by Gasteiger charge is 2.05. The molecule has 0 saturated heterocycles. The molecule has 0 bridgehead atoms. The minimum Gasteiger partial charge on any atom is -0.497 e. The van der Waals surface area contributed by atoms with E-state index in [1.165, 1.54) is 0 Å². The van der Waals surface area contributed by atoms with Crippen LogP contribution in [-0.4, -0.2) is 17.1 Å². The van der Waals surface area contributed by atoms with Crippen molar-refractivity contribution in [3.05, 3.63) is 54.2 Å². The van der Waals surface area contributed by atoms with E-state index in [2.05, 4.69) is 15.3 Å². The number of nitrogens with one attached hydrogen (secondary N) is 1. The molecule has 1 N–H and O–H groups in total. The zero-order valence-electron chi connectivity index (χ0n) is 11.4. The van der Waals surface area contributed by atoms with E-state index in [0.717, 1.165) is 34.0 Å². The zero-order valence-corrected chi connectivity index (χ0v) is 11.4. The Balaban J connectivity index is 1.94. The molecule has 20 heavy (non-hydrogen) atoms. The number of methoxy groups -OCH3 is 1. The lowest BCUT2D eigenvalue weighted by Crippen LogP contribution is -1.99. The third-order valence-corrected chi connectivity index (χ3v) is 3.10. The Labute approximate surface area is 117 Å². The van der Waals surface area contributed by atoms with Crippen molar-refractivity contribution in [1.82, 2.24) is 9.97 Å². The number of rotatable bonds is 3. The SMILES string of the molecule is COc1ccc(Nc2nc3ccccc3nc2C)cc1. The molecule has 0 saturated carbocycles. The molecule has 0 atom stereocenters. The Kier molecular flexibility index (Phi) is 3.21. The molecule has 0 fully saturated rings. The van der Waals surface area contributed by atoms with Gasteiger partial charge in [-0.15, -0.1) is 0 Å². The van der Waals surface area contributed by atoms with Gasteiger partial charge >= 0.3 is 0 Å². The quantitative estimate of drug-likeness (QED) is 0.784. The summed E-state index contributed by atoms with van der Waals surface area (Å²) >= 11 is 0. The summed E-state index contributed by atoms with van der Waals surface area (Å²) < 4.78 is 5.15. The molecule has 4 nitrogen and oxygen atoms in total. The molecule has 0 amide bonds. The van der Waals surface area contributed by atoms with Gasteiger partial charge in [0.15, 0.2) is 5.82 Å². The Morgan fingerprint density at radius 1 is 0.900 bits per heavy atom. The summed E-state index contributed by atoms with van der Waals surface area (Å²) in [4.78, 5) is 9.16. The Morgan fingerprint density at radius 2 is 1.55 bits per heavy atom. The molecule has 3 aromatic rings. The summed E-state index contributed by atoms with van der Waals surface area (Å²) in [6.07, 6.45) is 0. The minimum atomic E-state index is 0.772. The van der Waals surface area contributed by atoms with Gasteiger partial charge in [0, 0.05) is 5.69 Å². The second-order valence-corrected chi connectivity index (χ2v) is 4.50. The molecule has 4 heteroatoms. The molecule has 100 valence electrons. The van der Waals surface area contributed by atoms with Crippen LogP contribution in [0.4, 0.5) is 11.5 Å². The summed E-state index contributed by atoms with van der Waals surface area (Å²) in [5, 5.41) is 3.29. The fraction of sp³-hybridized carbons (Fsp3) is 0.125. The van der Waals surface area contributed by atoms with Crippen molar-refractivity contribution < 1.29 is 4.74 Å². The van der Waals surface area contributed by atoms with Gasteiger partial charge in [-0.2, -0.15) is 0 Å². The van der Waals surface area contributed by atoms with Crippen LogP contribution in [0.2, 0.25) is 0 Å². The lowest BCUT2D eigenvalue weighted by Gasteiger charge is -2.09. The first-order chi connectivity index (χ1) is 9.76. The summed E-state index contributed by atoms with van der Waals surface area (Å²) in [7, 11) is 1.65. The van der Waals surface area contributed by atoms with Crippen LogP contribution < -0.4 is 10.1 Å². The highest BCUT2D eigenvalue weighted by Crippen LogP contribution is 2.22. The van der Waals surface area contributed by atoms with Crippen molar-refractivity contribution in [2.45, 2.75) is 6.92 Å². The van der Waals surface area contributed by atoms with Crippen LogP contribution in [0, 0.1) is 6.92 Å². The second-order valence-electron chi connectivity index (χ2n) is 4.50. The topological polar surface area (TPSA) is 47.0 Å². The monoisotopic (exact) mass is 265 g/mol. The van der Waals surface area contributed by atoms with E-state index in [1.54, 1.807) is 7.11 Å². The number of benzene rings is 2. The van der Waals surface area contributed by atoms with Gasteiger partial charge < -0.3 is 10.1 Å². The third kappa shape index (κ3) is 2.40. The fourth-order valence-corrected chi connectivity index (χ4v) is 2.02. The van der Waals surface area contributed by atoms with Crippen LogP contribution in [0.25, 0.3) is 11.0 Å². The van der Waals surface area contributed by atoms with Gasteiger partial charge in [0.25, 0.3) is 0 Å². The number of aromatic nitrogens is 2. The van der Waals surface area contributed by atoms with Crippen LogP contribution in [0.1, 0.15) is 5.69 Å². The number of aryl methyl sites for hydroxylation is 1. The van der Waals surface area contributed by atoms with Gasteiger partial charge in [-0.3, -0.25) is 0 Å². The Morgan fingerprint density at radius 3 is 2.20 bits per heavy atom. The Bertz CT molecular complexity index is 738. The van der Waals surface area contributed by atoms with Crippen molar-refractivity contribution in [3.8, 4) is 5.75 Å². The highest BCUT2D eigenvalue weighted by molar-refractivity contribution is 5.77. The Hall–Kier alpha value is -2.62. The predicted octanol–water partition coefficient (Wildman–Crippen LogP) is 3.69. The van der Waals surface area contributed by atoms with Crippen LogP contribution in [0.5, 0.6) is 5.75 Å². The largest absolute Gasteiger partial charge is 0.497 e. The summed E-state index contributed by atoms with van der Waals surface area (Å²) in [6.45, 7) is 1.95. The minimum absolute atomic E-state index is 0.772. The number of para-hydroxylation sites is 2. The number of hydrogen-bond acceptors (Lipinski definition) is 4. The first-order valence-electron chi connectivity index (χ1n) is 6.41. The average molecular weight is 265 g/mol. The maximum atomic E-state index is 5.15. The molecule has 3 rings (SSSR count). The number of nitrogens with zero attached hydrogens (tertiary/aromatic N) is 2. The molecule has 1 heterocycles. The van der Waals surface area contributed by atoms with Crippen molar-refractivity contribution in [2.75, 3.05) is 12.4 Å². The number of anilines is 2. The normalized spacial score (nSPS) is 10.5. The van der Waals surface area contributed by atoms with E-state index < -0.39 is 0 Å². The number of ether oxygens (including phenoxy) is 1. The summed E-state index contributed by atoms with van der Waals surface area (Å²) in [5.74, 6) is 1.60. The lowest BCUT2D eigenvalue weighted by molar-refractivity contribution is 0.415. The van der Waals surface area contributed by atoms with Crippen LogP contribution in [-0.2, 0) is 0 Å². The van der Waals surface area contributed by atoms with E-state index in [9.17, 15) is 0 Å². The first-order valence-corrected chi connectivity index (χ1v) is 6.41. The van der Waals surface area contributed by atoms with E-state index in [1.807, 2.05) is 55.5 Å².